The highest BCUT2D eigenvalue weighted by Crippen LogP contribution is 2.30. The predicted octanol–water partition coefficient (Wildman–Crippen LogP) is 2.90. The second kappa shape index (κ2) is 5.43. The van der Waals surface area contributed by atoms with Crippen LogP contribution in [0.25, 0.3) is 0 Å². The van der Waals surface area contributed by atoms with Crippen LogP contribution in [0.15, 0.2) is 17.9 Å². The molecule has 1 saturated carbocycles. The number of hydrogen-bond donors (Lipinski definition) is 1. The molecule has 102 valence electrons. The van der Waals surface area contributed by atoms with Crippen LogP contribution in [-0.4, -0.2) is 20.6 Å². The summed E-state index contributed by atoms with van der Waals surface area (Å²) in [6.07, 6.45) is 7.59. The van der Waals surface area contributed by atoms with Crippen molar-refractivity contribution < 1.29 is 0 Å². The Morgan fingerprint density at radius 3 is 3.00 bits per heavy atom. The Labute approximate surface area is 117 Å². The first-order valence-electron chi connectivity index (χ1n) is 6.96. The topological polar surface area (TPSA) is 42.7 Å². The third kappa shape index (κ3) is 2.87. The predicted molar refractivity (Wildman–Crippen MR) is 77.4 cm³/mol. The molecule has 1 aliphatic rings. The summed E-state index contributed by atoms with van der Waals surface area (Å²) in [5.41, 5.74) is 2.34. The van der Waals surface area contributed by atoms with Gasteiger partial charge in [-0.1, -0.05) is 6.92 Å². The lowest BCUT2D eigenvalue weighted by Crippen LogP contribution is -2.26. The fourth-order valence-electron chi connectivity index (χ4n) is 2.27. The highest BCUT2D eigenvalue weighted by Gasteiger charge is 2.29. The molecule has 0 saturated heterocycles. The SMILES string of the molecule is CCCn1cncc1C(NC1CC1)c1nc(C)cs1. The highest BCUT2D eigenvalue weighted by molar-refractivity contribution is 7.09. The van der Waals surface area contributed by atoms with E-state index in [2.05, 4.69) is 39.1 Å². The van der Waals surface area contributed by atoms with Gasteiger partial charge < -0.3 is 9.88 Å². The summed E-state index contributed by atoms with van der Waals surface area (Å²) < 4.78 is 2.25. The lowest BCUT2D eigenvalue weighted by atomic mass is 10.2. The molecule has 1 fully saturated rings. The summed E-state index contributed by atoms with van der Waals surface area (Å²) in [6, 6.07) is 0.847. The van der Waals surface area contributed by atoms with E-state index >= 15 is 0 Å². The Morgan fingerprint density at radius 2 is 2.37 bits per heavy atom. The van der Waals surface area contributed by atoms with E-state index in [1.165, 1.54) is 18.5 Å². The molecule has 0 radical (unpaired) electrons. The van der Waals surface area contributed by atoms with Crippen LogP contribution in [0.5, 0.6) is 0 Å². The molecule has 19 heavy (non-hydrogen) atoms. The average molecular weight is 276 g/mol. The Hall–Kier alpha value is -1.20. The van der Waals surface area contributed by atoms with Gasteiger partial charge in [-0.25, -0.2) is 9.97 Å². The minimum absolute atomic E-state index is 0.195. The van der Waals surface area contributed by atoms with E-state index in [1.54, 1.807) is 11.3 Å². The molecule has 2 heterocycles. The molecule has 1 unspecified atom stereocenters. The molecule has 2 aromatic heterocycles. The molecule has 2 aromatic rings. The second-order valence-corrected chi connectivity index (χ2v) is 6.10. The summed E-state index contributed by atoms with van der Waals surface area (Å²) in [5, 5.41) is 6.99. The fourth-order valence-corrected chi connectivity index (χ4v) is 3.14. The summed E-state index contributed by atoms with van der Waals surface area (Å²) in [7, 11) is 0. The van der Waals surface area contributed by atoms with Crippen molar-refractivity contribution >= 4 is 11.3 Å². The van der Waals surface area contributed by atoms with E-state index < -0.39 is 0 Å². The van der Waals surface area contributed by atoms with E-state index in [0.29, 0.717) is 6.04 Å². The number of rotatable bonds is 6. The molecule has 1 atom stereocenters. The zero-order chi connectivity index (χ0) is 13.2. The van der Waals surface area contributed by atoms with Gasteiger partial charge in [-0.05, 0) is 26.2 Å². The third-order valence-corrected chi connectivity index (χ3v) is 4.40. The van der Waals surface area contributed by atoms with Crippen molar-refractivity contribution in [3.05, 3.63) is 34.3 Å². The molecule has 0 bridgehead atoms. The van der Waals surface area contributed by atoms with Crippen LogP contribution in [0, 0.1) is 6.92 Å². The standard InChI is InChI=1S/C14H20N4S/c1-3-6-18-9-15-7-12(18)13(17-11-4-5-11)14-16-10(2)8-19-14/h7-9,11,13,17H,3-6H2,1-2H3. The number of nitrogens with zero attached hydrogens (tertiary/aromatic N) is 3. The minimum atomic E-state index is 0.195. The van der Waals surface area contributed by atoms with Gasteiger partial charge in [0.25, 0.3) is 0 Å². The van der Waals surface area contributed by atoms with Gasteiger partial charge in [0, 0.05) is 23.7 Å². The molecule has 0 spiro atoms. The quantitative estimate of drug-likeness (QED) is 0.882. The average Bonchev–Trinajstić information content (AvgIpc) is 2.93. The number of aromatic nitrogens is 3. The maximum Gasteiger partial charge on any atom is 0.116 e. The molecule has 3 rings (SSSR count). The lowest BCUT2D eigenvalue weighted by molar-refractivity contribution is 0.540. The van der Waals surface area contributed by atoms with Gasteiger partial charge in [-0.2, -0.15) is 0 Å². The van der Waals surface area contributed by atoms with Crippen molar-refractivity contribution in [2.24, 2.45) is 0 Å². The van der Waals surface area contributed by atoms with Gasteiger partial charge in [0.1, 0.15) is 11.0 Å². The van der Waals surface area contributed by atoms with Gasteiger partial charge in [0.15, 0.2) is 0 Å². The number of thiazole rings is 1. The van der Waals surface area contributed by atoms with Crippen LogP contribution in [0.4, 0.5) is 0 Å². The Kier molecular flexibility index (Phi) is 3.66. The zero-order valence-electron chi connectivity index (χ0n) is 11.5. The monoisotopic (exact) mass is 276 g/mol. The summed E-state index contributed by atoms with van der Waals surface area (Å²) in [4.78, 5) is 8.99. The van der Waals surface area contributed by atoms with Crippen LogP contribution >= 0.6 is 11.3 Å². The third-order valence-electron chi connectivity index (χ3n) is 3.37. The van der Waals surface area contributed by atoms with E-state index in [0.717, 1.165) is 23.7 Å². The maximum atomic E-state index is 4.66. The van der Waals surface area contributed by atoms with Crippen LogP contribution < -0.4 is 5.32 Å². The van der Waals surface area contributed by atoms with E-state index in [9.17, 15) is 0 Å². The number of imidazole rings is 1. The molecule has 4 nitrogen and oxygen atoms in total. The Morgan fingerprint density at radius 1 is 1.53 bits per heavy atom. The van der Waals surface area contributed by atoms with Crippen molar-refractivity contribution in [1.82, 2.24) is 19.9 Å². The van der Waals surface area contributed by atoms with E-state index in [1.807, 2.05) is 12.5 Å². The number of nitrogens with one attached hydrogen (secondary N) is 1. The Balaban J connectivity index is 1.91. The van der Waals surface area contributed by atoms with Crippen molar-refractivity contribution in [1.29, 1.82) is 0 Å². The van der Waals surface area contributed by atoms with Crippen LogP contribution in [0.2, 0.25) is 0 Å². The van der Waals surface area contributed by atoms with Crippen LogP contribution in [0.3, 0.4) is 0 Å². The summed E-state index contributed by atoms with van der Waals surface area (Å²) in [6.45, 7) is 5.26. The smallest absolute Gasteiger partial charge is 0.116 e. The van der Waals surface area contributed by atoms with Crippen LogP contribution in [-0.2, 0) is 6.54 Å². The first kappa shape index (κ1) is 12.8. The van der Waals surface area contributed by atoms with E-state index in [-0.39, 0.29) is 6.04 Å². The highest BCUT2D eigenvalue weighted by atomic mass is 32.1. The minimum Gasteiger partial charge on any atom is -0.333 e. The van der Waals surface area contributed by atoms with Crippen LogP contribution in [0.1, 0.15) is 48.6 Å². The van der Waals surface area contributed by atoms with Crippen molar-refractivity contribution in [2.45, 2.75) is 51.7 Å². The van der Waals surface area contributed by atoms with Gasteiger partial charge in [0.2, 0.25) is 0 Å². The molecule has 0 aromatic carbocycles. The van der Waals surface area contributed by atoms with Gasteiger partial charge in [0.05, 0.1) is 18.2 Å². The van der Waals surface area contributed by atoms with Gasteiger partial charge in [-0.15, -0.1) is 11.3 Å². The van der Waals surface area contributed by atoms with Crippen molar-refractivity contribution in [2.75, 3.05) is 0 Å². The first-order chi connectivity index (χ1) is 9.28. The zero-order valence-corrected chi connectivity index (χ0v) is 12.3. The maximum absolute atomic E-state index is 4.66. The second-order valence-electron chi connectivity index (χ2n) is 5.21. The van der Waals surface area contributed by atoms with Crippen molar-refractivity contribution in [3.63, 3.8) is 0 Å². The van der Waals surface area contributed by atoms with Crippen molar-refractivity contribution in [3.8, 4) is 0 Å². The molecule has 1 aliphatic carbocycles. The van der Waals surface area contributed by atoms with Gasteiger partial charge >= 0.3 is 0 Å². The van der Waals surface area contributed by atoms with Gasteiger partial charge in [-0.3, -0.25) is 0 Å². The lowest BCUT2D eigenvalue weighted by Gasteiger charge is -2.18. The number of hydrogen-bond acceptors (Lipinski definition) is 4. The summed E-state index contributed by atoms with van der Waals surface area (Å²) >= 11 is 1.74. The first-order valence-corrected chi connectivity index (χ1v) is 7.84. The summed E-state index contributed by atoms with van der Waals surface area (Å²) in [5.74, 6) is 0. The molecule has 0 amide bonds. The molecule has 0 aliphatic heterocycles. The molecular weight excluding hydrogens is 256 g/mol. The molecule has 5 heteroatoms. The fraction of sp³-hybridized carbons (Fsp3) is 0.571. The Bertz CT molecular complexity index is 541. The largest absolute Gasteiger partial charge is 0.333 e. The normalized spacial score (nSPS) is 16.7. The molecular formula is C14H20N4S. The molecule has 1 N–H and O–H groups in total. The number of aryl methyl sites for hydroxylation is 2. The van der Waals surface area contributed by atoms with E-state index in [4.69, 9.17) is 0 Å².